The third-order valence-corrected chi connectivity index (χ3v) is 5.60. The smallest absolute Gasteiger partial charge is 0.326 e. The zero-order valence-electron chi connectivity index (χ0n) is 17.2. The van der Waals surface area contributed by atoms with Gasteiger partial charge in [-0.3, -0.25) is 9.59 Å². The lowest BCUT2D eigenvalue weighted by Crippen LogP contribution is -2.37. The summed E-state index contributed by atoms with van der Waals surface area (Å²) in [5.74, 6) is -0.643. The number of hydrogen-bond donors (Lipinski definition) is 0. The Morgan fingerprint density at radius 3 is 2.58 bits per heavy atom. The van der Waals surface area contributed by atoms with Gasteiger partial charge in [-0.05, 0) is 25.1 Å². The van der Waals surface area contributed by atoms with Crippen LogP contribution in [0.1, 0.15) is 6.92 Å². The van der Waals surface area contributed by atoms with Crippen molar-refractivity contribution in [2.24, 2.45) is 7.05 Å². The van der Waals surface area contributed by atoms with Crippen LogP contribution >= 0.6 is 11.8 Å². The molecule has 2 aromatic carbocycles. The van der Waals surface area contributed by atoms with Crippen molar-refractivity contribution < 1.29 is 14.3 Å². The second kappa shape index (κ2) is 9.13. The number of thioether (sulfide) groups is 1. The fourth-order valence-electron chi connectivity index (χ4n) is 3.32. The zero-order chi connectivity index (χ0) is 21.8. The Labute approximate surface area is 183 Å². The van der Waals surface area contributed by atoms with Crippen LogP contribution in [0.5, 0.6) is 0 Å². The van der Waals surface area contributed by atoms with E-state index in [4.69, 9.17) is 4.74 Å². The molecule has 2 heterocycles. The summed E-state index contributed by atoms with van der Waals surface area (Å²) in [6.45, 7) is 1.84. The van der Waals surface area contributed by atoms with E-state index >= 15 is 0 Å². The highest BCUT2D eigenvalue weighted by Crippen LogP contribution is 2.26. The summed E-state index contributed by atoms with van der Waals surface area (Å²) in [5.41, 5.74) is 3.08. The first-order valence-corrected chi connectivity index (χ1v) is 10.8. The van der Waals surface area contributed by atoms with Gasteiger partial charge in [-0.15, -0.1) is 10.2 Å². The predicted molar refractivity (Wildman–Crippen MR) is 120 cm³/mol. The number of fused-ring (bicyclic) bond motifs is 3. The molecule has 158 valence electrons. The van der Waals surface area contributed by atoms with Crippen LogP contribution in [0.15, 0.2) is 59.8 Å². The van der Waals surface area contributed by atoms with Crippen molar-refractivity contribution >= 4 is 51.4 Å². The van der Waals surface area contributed by atoms with E-state index in [-0.39, 0.29) is 24.8 Å². The number of rotatable bonds is 7. The number of aromatic nitrogens is 4. The average molecular weight is 436 g/mol. The molecule has 0 bridgehead atoms. The standard InChI is InChI=1S/C22H21N5O3S/c1-3-30-19(29)13-27(15-9-5-4-6-10-15)18(28)14-31-22-23-21-20(24-25-22)16-11-7-8-12-17(16)26(21)2/h4-12H,3,13-14H2,1-2H3. The van der Waals surface area contributed by atoms with E-state index in [1.165, 1.54) is 16.7 Å². The Morgan fingerprint density at radius 2 is 1.81 bits per heavy atom. The van der Waals surface area contributed by atoms with Crippen LogP contribution in [0, 0.1) is 0 Å². The van der Waals surface area contributed by atoms with Gasteiger partial charge in [-0.25, -0.2) is 4.98 Å². The van der Waals surface area contributed by atoms with E-state index in [1.807, 2.05) is 54.1 Å². The van der Waals surface area contributed by atoms with Crippen molar-refractivity contribution in [3.8, 4) is 0 Å². The van der Waals surface area contributed by atoms with E-state index in [0.29, 0.717) is 16.5 Å². The molecule has 9 heteroatoms. The van der Waals surface area contributed by atoms with Gasteiger partial charge in [-0.1, -0.05) is 48.2 Å². The molecule has 0 saturated heterocycles. The van der Waals surface area contributed by atoms with Gasteiger partial charge in [0.05, 0.1) is 17.9 Å². The Kier molecular flexibility index (Phi) is 6.13. The molecular formula is C22H21N5O3S. The number of carbonyl (C=O) groups is 2. The van der Waals surface area contributed by atoms with Gasteiger partial charge in [-0.2, -0.15) is 0 Å². The van der Waals surface area contributed by atoms with E-state index < -0.39 is 5.97 Å². The summed E-state index contributed by atoms with van der Waals surface area (Å²) in [6, 6.07) is 16.9. The lowest BCUT2D eigenvalue weighted by Gasteiger charge is -2.21. The van der Waals surface area contributed by atoms with Crippen LogP contribution in [-0.4, -0.2) is 50.5 Å². The summed E-state index contributed by atoms with van der Waals surface area (Å²) in [6.07, 6.45) is 0. The maximum absolute atomic E-state index is 12.9. The van der Waals surface area contributed by atoms with Crippen molar-refractivity contribution in [1.82, 2.24) is 19.7 Å². The molecule has 4 rings (SSSR count). The highest BCUT2D eigenvalue weighted by Gasteiger charge is 2.21. The van der Waals surface area contributed by atoms with Gasteiger partial charge < -0.3 is 14.2 Å². The van der Waals surface area contributed by atoms with Crippen molar-refractivity contribution in [2.75, 3.05) is 23.8 Å². The summed E-state index contributed by atoms with van der Waals surface area (Å²) < 4.78 is 6.98. The molecule has 0 aliphatic heterocycles. The van der Waals surface area contributed by atoms with Gasteiger partial charge in [0, 0.05) is 18.1 Å². The molecule has 0 atom stereocenters. The second-order valence-electron chi connectivity index (χ2n) is 6.75. The van der Waals surface area contributed by atoms with E-state index in [9.17, 15) is 9.59 Å². The number of para-hydroxylation sites is 2. The van der Waals surface area contributed by atoms with Crippen molar-refractivity contribution in [2.45, 2.75) is 12.1 Å². The summed E-state index contributed by atoms with van der Waals surface area (Å²) in [5, 5.41) is 9.90. The molecule has 0 radical (unpaired) electrons. The van der Waals surface area contributed by atoms with Crippen LogP contribution in [-0.2, 0) is 21.4 Å². The fourth-order valence-corrected chi connectivity index (χ4v) is 3.98. The summed E-state index contributed by atoms with van der Waals surface area (Å²) in [4.78, 5) is 31.0. The molecule has 2 aromatic heterocycles. The Morgan fingerprint density at radius 1 is 1.06 bits per heavy atom. The molecule has 31 heavy (non-hydrogen) atoms. The predicted octanol–water partition coefficient (Wildman–Crippen LogP) is 3.20. The Bertz CT molecular complexity index is 1240. The molecular weight excluding hydrogens is 414 g/mol. The first-order valence-electron chi connectivity index (χ1n) is 9.80. The van der Waals surface area contributed by atoms with E-state index in [2.05, 4.69) is 15.2 Å². The maximum atomic E-state index is 12.9. The van der Waals surface area contributed by atoms with Crippen LogP contribution in [0.4, 0.5) is 5.69 Å². The number of nitrogens with zero attached hydrogens (tertiary/aromatic N) is 5. The minimum atomic E-state index is -0.459. The number of ether oxygens (including phenoxy) is 1. The Balaban J connectivity index is 1.54. The van der Waals surface area contributed by atoms with Gasteiger partial charge >= 0.3 is 5.97 Å². The number of esters is 1. The van der Waals surface area contributed by atoms with Crippen LogP contribution in [0.3, 0.4) is 0 Å². The molecule has 0 fully saturated rings. The van der Waals surface area contributed by atoms with Crippen LogP contribution < -0.4 is 4.90 Å². The fraction of sp³-hybridized carbons (Fsp3) is 0.227. The molecule has 4 aromatic rings. The number of benzene rings is 2. The first kappa shape index (κ1) is 20.8. The lowest BCUT2D eigenvalue weighted by atomic mass is 10.2. The molecule has 0 saturated carbocycles. The zero-order valence-corrected chi connectivity index (χ0v) is 18.0. The van der Waals surface area contributed by atoms with Crippen molar-refractivity contribution in [3.63, 3.8) is 0 Å². The molecule has 0 aliphatic rings. The number of amides is 1. The van der Waals surface area contributed by atoms with Crippen molar-refractivity contribution in [1.29, 1.82) is 0 Å². The molecule has 0 N–H and O–H groups in total. The molecule has 8 nitrogen and oxygen atoms in total. The maximum Gasteiger partial charge on any atom is 0.326 e. The molecule has 0 unspecified atom stereocenters. The minimum absolute atomic E-state index is 0.0609. The number of aryl methyl sites for hydroxylation is 1. The van der Waals surface area contributed by atoms with Gasteiger partial charge in [0.1, 0.15) is 12.1 Å². The first-order chi connectivity index (χ1) is 15.1. The lowest BCUT2D eigenvalue weighted by molar-refractivity contribution is -0.142. The quantitative estimate of drug-likeness (QED) is 0.325. The number of carbonyl (C=O) groups excluding carboxylic acids is 2. The minimum Gasteiger partial charge on any atom is -0.465 e. The van der Waals surface area contributed by atoms with Gasteiger partial charge in [0.25, 0.3) is 0 Å². The third-order valence-electron chi connectivity index (χ3n) is 4.77. The van der Waals surface area contributed by atoms with E-state index in [1.54, 1.807) is 19.1 Å². The highest BCUT2D eigenvalue weighted by atomic mass is 32.2. The van der Waals surface area contributed by atoms with Crippen LogP contribution in [0.2, 0.25) is 0 Å². The molecule has 0 aliphatic carbocycles. The van der Waals surface area contributed by atoms with Gasteiger partial charge in [0.15, 0.2) is 5.65 Å². The largest absolute Gasteiger partial charge is 0.465 e. The van der Waals surface area contributed by atoms with E-state index in [0.717, 1.165) is 16.4 Å². The second-order valence-corrected chi connectivity index (χ2v) is 7.69. The molecule has 0 spiro atoms. The summed E-state index contributed by atoms with van der Waals surface area (Å²) in [7, 11) is 1.93. The number of anilines is 1. The third kappa shape index (κ3) is 4.36. The normalized spacial score (nSPS) is 11.0. The molecule has 1 amide bonds. The topological polar surface area (TPSA) is 90.2 Å². The monoisotopic (exact) mass is 435 g/mol. The van der Waals surface area contributed by atoms with Crippen LogP contribution in [0.25, 0.3) is 22.1 Å². The summed E-state index contributed by atoms with van der Waals surface area (Å²) >= 11 is 1.18. The van der Waals surface area contributed by atoms with Gasteiger partial charge in [0.2, 0.25) is 11.1 Å². The van der Waals surface area contributed by atoms with Crippen molar-refractivity contribution in [3.05, 3.63) is 54.6 Å². The Hall–Kier alpha value is -3.46. The average Bonchev–Trinajstić information content (AvgIpc) is 3.08. The highest BCUT2D eigenvalue weighted by molar-refractivity contribution is 7.99. The SMILES string of the molecule is CCOC(=O)CN(C(=O)CSc1nnc2c3ccccc3n(C)c2n1)c1ccccc1. The number of hydrogen-bond acceptors (Lipinski definition) is 7.